The molecule has 3 rings (SSSR count). The quantitative estimate of drug-likeness (QED) is 0.640. The van der Waals surface area contributed by atoms with Crippen LogP contribution in [0.1, 0.15) is 24.4 Å². The van der Waals surface area contributed by atoms with E-state index in [2.05, 4.69) is 10.5 Å². The minimum absolute atomic E-state index is 0.151. The van der Waals surface area contributed by atoms with E-state index >= 15 is 0 Å². The van der Waals surface area contributed by atoms with Crippen molar-refractivity contribution < 1.29 is 17.6 Å². The van der Waals surface area contributed by atoms with Crippen LogP contribution in [0.5, 0.6) is 0 Å². The summed E-state index contributed by atoms with van der Waals surface area (Å²) in [6.45, 7) is 2.38. The summed E-state index contributed by atoms with van der Waals surface area (Å²) in [7, 11) is -3.59. The largest absolute Gasteiger partial charge is 0.460 e. The number of benzene rings is 1. The number of carbonyl (C=O) groups excluding carboxylic acids is 1. The first kappa shape index (κ1) is 18.3. The molecule has 26 heavy (non-hydrogen) atoms. The third kappa shape index (κ3) is 4.20. The summed E-state index contributed by atoms with van der Waals surface area (Å²) in [5, 5.41) is 3.89. The van der Waals surface area contributed by atoms with Crippen molar-refractivity contribution in [3.63, 3.8) is 0 Å². The maximum atomic E-state index is 12.7. The molecule has 138 valence electrons. The Morgan fingerprint density at radius 2 is 2.04 bits per heavy atom. The van der Waals surface area contributed by atoms with Gasteiger partial charge in [0.25, 0.3) is 0 Å². The third-order valence-electron chi connectivity index (χ3n) is 4.26. The fourth-order valence-corrected chi connectivity index (χ4v) is 4.43. The van der Waals surface area contributed by atoms with Gasteiger partial charge in [0, 0.05) is 13.1 Å². The average Bonchev–Trinajstić information content (AvgIpc) is 3.07. The fourth-order valence-electron chi connectivity index (χ4n) is 2.89. The monoisotopic (exact) mass is 375 g/mol. The smallest absolute Gasteiger partial charge is 0.244 e. The van der Waals surface area contributed by atoms with Gasteiger partial charge in [-0.2, -0.15) is 9.41 Å². The van der Waals surface area contributed by atoms with Crippen molar-refractivity contribution in [1.29, 1.82) is 0 Å². The van der Waals surface area contributed by atoms with Crippen LogP contribution in [-0.4, -0.2) is 37.9 Å². The van der Waals surface area contributed by atoms with Gasteiger partial charge < -0.3 is 4.42 Å². The molecule has 1 atom stereocenters. The van der Waals surface area contributed by atoms with Gasteiger partial charge in [0.2, 0.25) is 15.9 Å². The average molecular weight is 375 g/mol. The molecule has 1 aromatic carbocycles. The molecule has 0 aliphatic carbocycles. The number of furan rings is 1. The predicted molar refractivity (Wildman–Crippen MR) is 97.1 cm³/mol. The molecule has 1 amide bonds. The van der Waals surface area contributed by atoms with Crippen LogP contribution in [0, 0.1) is 12.8 Å². The Balaban J connectivity index is 1.62. The van der Waals surface area contributed by atoms with E-state index in [1.165, 1.54) is 10.5 Å². The predicted octanol–water partition coefficient (Wildman–Crippen LogP) is 2.14. The third-order valence-corrected chi connectivity index (χ3v) is 6.14. The number of nitrogens with zero attached hydrogens (tertiary/aromatic N) is 2. The topological polar surface area (TPSA) is 92.0 Å². The van der Waals surface area contributed by atoms with Crippen LogP contribution >= 0.6 is 0 Å². The van der Waals surface area contributed by atoms with Crippen molar-refractivity contribution in [2.45, 2.75) is 24.7 Å². The maximum Gasteiger partial charge on any atom is 0.244 e. The summed E-state index contributed by atoms with van der Waals surface area (Å²) >= 11 is 0. The molecular weight excluding hydrogens is 354 g/mol. The minimum Gasteiger partial charge on any atom is -0.460 e. The van der Waals surface area contributed by atoms with Crippen molar-refractivity contribution in [3.05, 3.63) is 54.0 Å². The van der Waals surface area contributed by atoms with Crippen LogP contribution in [0.2, 0.25) is 0 Å². The van der Waals surface area contributed by atoms with E-state index in [1.54, 1.807) is 42.5 Å². The number of carbonyl (C=O) groups is 1. The molecule has 0 spiro atoms. The highest BCUT2D eigenvalue weighted by Gasteiger charge is 2.33. The van der Waals surface area contributed by atoms with Crippen LogP contribution < -0.4 is 5.43 Å². The second kappa shape index (κ2) is 7.84. The van der Waals surface area contributed by atoms with E-state index in [-0.39, 0.29) is 17.3 Å². The van der Waals surface area contributed by atoms with E-state index in [4.69, 9.17) is 4.42 Å². The molecule has 1 N–H and O–H groups in total. The fraction of sp³-hybridized carbons (Fsp3) is 0.333. The highest BCUT2D eigenvalue weighted by molar-refractivity contribution is 7.89. The molecule has 7 nitrogen and oxygen atoms in total. The second-order valence-corrected chi connectivity index (χ2v) is 8.14. The Morgan fingerprint density at radius 1 is 1.27 bits per heavy atom. The zero-order chi connectivity index (χ0) is 18.6. The van der Waals surface area contributed by atoms with Crippen LogP contribution in [-0.2, 0) is 14.8 Å². The van der Waals surface area contributed by atoms with Gasteiger partial charge in [0.15, 0.2) is 0 Å². The Kier molecular flexibility index (Phi) is 5.53. The lowest BCUT2D eigenvalue weighted by atomic mass is 9.99. The molecule has 2 heterocycles. The number of aryl methyl sites for hydroxylation is 1. The van der Waals surface area contributed by atoms with Gasteiger partial charge in [-0.15, -0.1) is 0 Å². The first-order chi connectivity index (χ1) is 12.5. The Bertz CT molecular complexity index is 890. The molecule has 8 heteroatoms. The van der Waals surface area contributed by atoms with Gasteiger partial charge in [-0.25, -0.2) is 13.8 Å². The number of hydrazone groups is 1. The molecule has 2 aromatic rings. The highest BCUT2D eigenvalue weighted by Crippen LogP contribution is 2.23. The molecule has 1 aliphatic rings. The van der Waals surface area contributed by atoms with Crippen molar-refractivity contribution in [3.8, 4) is 0 Å². The lowest BCUT2D eigenvalue weighted by Crippen LogP contribution is -2.44. The number of piperidine rings is 1. The number of sulfonamides is 1. The first-order valence-corrected chi connectivity index (χ1v) is 9.85. The number of nitrogens with one attached hydrogen (secondary N) is 1. The standard InChI is InChI=1S/C18H21N3O4S/c1-14-9-10-16(25-14)12-19-20-18(22)15-6-5-11-21(13-15)26(23,24)17-7-3-2-4-8-17/h2-4,7-10,12,15H,5-6,11,13H2,1H3,(H,20,22)/b19-12-/t15-/m1/s1. The van der Waals surface area contributed by atoms with Crippen LogP contribution in [0.15, 0.2) is 56.9 Å². The molecule has 1 aromatic heterocycles. The number of hydrogen-bond donors (Lipinski definition) is 1. The summed E-state index contributed by atoms with van der Waals surface area (Å²) in [5.41, 5.74) is 2.47. The van der Waals surface area contributed by atoms with E-state index in [1.807, 2.05) is 6.92 Å². The van der Waals surface area contributed by atoms with Gasteiger partial charge in [0.05, 0.1) is 17.0 Å². The summed E-state index contributed by atoms with van der Waals surface area (Å²) in [6, 6.07) is 11.8. The zero-order valence-electron chi connectivity index (χ0n) is 14.5. The zero-order valence-corrected chi connectivity index (χ0v) is 15.3. The van der Waals surface area contributed by atoms with Crippen molar-refractivity contribution in [2.75, 3.05) is 13.1 Å². The lowest BCUT2D eigenvalue weighted by Gasteiger charge is -2.30. The maximum absolute atomic E-state index is 12.7. The number of hydrogen-bond acceptors (Lipinski definition) is 5. The molecule has 1 aliphatic heterocycles. The molecule has 0 radical (unpaired) electrons. The van der Waals surface area contributed by atoms with Crippen molar-refractivity contribution in [1.82, 2.24) is 9.73 Å². The second-order valence-electron chi connectivity index (χ2n) is 6.20. The van der Waals surface area contributed by atoms with E-state index < -0.39 is 15.9 Å². The SMILES string of the molecule is Cc1ccc(/C=N\NC(=O)[C@@H]2CCCN(S(=O)(=O)c3ccccc3)C2)o1. The molecule has 1 fully saturated rings. The van der Waals surface area contributed by atoms with Gasteiger partial charge in [-0.05, 0) is 44.0 Å². The van der Waals surface area contributed by atoms with Crippen LogP contribution in [0.4, 0.5) is 0 Å². The van der Waals surface area contributed by atoms with Gasteiger partial charge in [0.1, 0.15) is 11.5 Å². The normalized spacial score (nSPS) is 18.9. The summed E-state index contributed by atoms with van der Waals surface area (Å²) in [6.07, 6.45) is 2.68. The van der Waals surface area contributed by atoms with E-state index in [0.29, 0.717) is 25.1 Å². The van der Waals surface area contributed by atoms with Gasteiger partial charge in [-0.1, -0.05) is 18.2 Å². The molecule has 0 bridgehead atoms. The molecule has 0 unspecified atom stereocenters. The van der Waals surface area contributed by atoms with Crippen LogP contribution in [0.3, 0.4) is 0 Å². The Labute approximate surface area is 152 Å². The van der Waals surface area contributed by atoms with Gasteiger partial charge in [-0.3, -0.25) is 4.79 Å². The number of rotatable bonds is 5. The Morgan fingerprint density at radius 3 is 2.73 bits per heavy atom. The Hall–Kier alpha value is -2.45. The summed E-state index contributed by atoms with van der Waals surface area (Å²) in [5.74, 6) is 0.571. The minimum atomic E-state index is -3.59. The first-order valence-electron chi connectivity index (χ1n) is 8.41. The van der Waals surface area contributed by atoms with E-state index in [9.17, 15) is 13.2 Å². The molecule has 1 saturated heterocycles. The highest BCUT2D eigenvalue weighted by atomic mass is 32.2. The van der Waals surface area contributed by atoms with E-state index in [0.717, 1.165) is 5.76 Å². The van der Waals surface area contributed by atoms with Crippen LogP contribution in [0.25, 0.3) is 0 Å². The summed E-state index contributed by atoms with van der Waals surface area (Å²) in [4.78, 5) is 12.6. The number of amides is 1. The molecule has 0 saturated carbocycles. The van der Waals surface area contributed by atoms with Crippen molar-refractivity contribution >= 4 is 22.1 Å². The molecular formula is C18H21N3O4S. The van der Waals surface area contributed by atoms with Crippen molar-refractivity contribution in [2.24, 2.45) is 11.0 Å². The summed E-state index contributed by atoms with van der Waals surface area (Å²) < 4.78 is 32.1. The van der Waals surface area contributed by atoms with Gasteiger partial charge >= 0.3 is 0 Å². The lowest BCUT2D eigenvalue weighted by molar-refractivity contribution is -0.126.